The minimum absolute atomic E-state index is 0.0195. The molecular formula is C14H15N3O2. The summed E-state index contributed by atoms with van der Waals surface area (Å²) in [6.07, 6.45) is 4.02. The number of imidazole rings is 1. The van der Waals surface area contributed by atoms with Gasteiger partial charge in [-0.3, -0.25) is 4.79 Å². The van der Waals surface area contributed by atoms with Gasteiger partial charge in [-0.1, -0.05) is 6.07 Å². The van der Waals surface area contributed by atoms with Crippen molar-refractivity contribution < 1.29 is 9.90 Å². The van der Waals surface area contributed by atoms with E-state index in [4.69, 9.17) is 0 Å². The molecule has 0 unspecified atom stereocenters. The van der Waals surface area contributed by atoms with Crippen LogP contribution in [0.5, 0.6) is 5.75 Å². The Balaban J connectivity index is 1.86. The Hall–Kier alpha value is -2.30. The number of carbonyl (C=O) groups excluding carboxylic acids is 1. The number of hydrogen-bond acceptors (Lipinski definition) is 3. The molecule has 5 nitrogen and oxygen atoms in total. The van der Waals surface area contributed by atoms with Crippen LogP contribution in [-0.2, 0) is 20.0 Å². The molecule has 1 aliphatic heterocycles. The van der Waals surface area contributed by atoms with Crippen LogP contribution < -0.4 is 0 Å². The highest BCUT2D eigenvalue weighted by atomic mass is 16.3. The number of aromatic hydroxyl groups is 1. The molecule has 0 fully saturated rings. The van der Waals surface area contributed by atoms with E-state index < -0.39 is 0 Å². The molecule has 1 aromatic carbocycles. The van der Waals surface area contributed by atoms with Gasteiger partial charge in [0.15, 0.2) is 0 Å². The standard InChI is InChI=1S/C14H15N3O2/c1-16-9-15-7-13(16)14(19)17-5-4-10-2-3-12(18)6-11(10)8-17/h2-3,6-7,9,18H,4-5,8H2,1H3. The average molecular weight is 257 g/mol. The summed E-state index contributed by atoms with van der Waals surface area (Å²) in [6.45, 7) is 1.23. The zero-order chi connectivity index (χ0) is 13.4. The number of phenolic OH excluding ortho intramolecular Hbond substituents is 1. The molecule has 2 heterocycles. The SMILES string of the molecule is Cn1cncc1C(=O)N1CCc2ccc(O)cc2C1. The van der Waals surface area contributed by atoms with Crippen LogP contribution in [0.15, 0.2) is 30.7 Å². The van der Waals surface area contributed by atoms with E-state index in [1.807, 2.05) is 13.1 Å². The minimum Gasteiger partial charge on any atom is -0.508 e. The quantitative estimate of drug-likeness (QED) is 0.838. The lowest BCUT2D eigenvalue weighted by atomic mass is 9.99. The average Bonchev–Trinajstić information content (AvgIpc) is 2.83. The minimum atomic E-state index is -0.0195. The van der Waals surface area contributed by atoms with E-state index in [2.05, 4.69) is 4.98 Å². The third kappa shape index (κ3) is 2.07. The van der Waals surface area contributed by atoms with Gasteiger partial charge in [0.2, 0.25) is 0 Å². The summed E-state index contributed by atoms with van der Waals surface area (Å²) in [5.74, 6) is 0.225. The molecule has 5 heteroatoms. The summed E-state index contributed by atoms with van der Waals surface area (Å²) in [7, 11) is 1.81. The third-order valence-electron chi connectivity index (χ3n) is 3.53. The van der Waals surface area contributed by atoms with Crippen molar-refractivity contribution in [2.24, 2.45) is 7.05 Å². The highest BCUT2D eigenvalue weighted by Gasteiger charge is 2.23. The van der Waals surface area contributed by atoms with E-state index in [1.165, 1.54) is 5.56 Å². The number of rotatable bonds is 1. The van der Waals surface area contributed by atoms with Crippen LogP contribution in [0, 0.1) is 0 Å². The first kappa shape index (κ1) is 11.8. The Bertz CT molecular complexity index is 633. The molecule has 0 aliphatic carbocycles. The number of nitrogens with zero attached hydrogens (tertiary/aromatic N) is 3. The van der Waals surface area contributed by atoms with Crippen LogP contribution in [-0.4, -0.2) is 32.0 Å². The molecule has 1 amide bonds. The molecule has 1 aromatic heterocycles. The number of fused-ring (bicyclic) bond motifs is 1. The molecule has 0 atom stereocenters. The lowest BCUT2D eigenvalue weighted by Crippen LogP contribution is -2.36. The molecule has 98 valence electrons. The van der Waals surface area contributed by atoms with Gasteiger partial charge in [0.05, 0.1) is 12.5 Å². The van der Waals surface area contributed by atoms with Crippen molar-refractivity contribution in [1.82, 2.24) is 14.5 Å². The van der Waals surface area contributed by atoms with Crippen molar-refractivity contribution in [1.29, 1.82) is 0 Å². The van der Waals surface area contributed by atoms with Gasteiger partial charge in [0.1, 0.15) is 11.4 Å². The molecule has 0 saturated carbocycles. The number of aryl methyl sites for hydroxylation is 1. The summed E-state index contributed by atoms with van der Waals surface area (Å²) < 4.78 is 1.72. The van der Waals surface area contributed by atoms with Crippen LogP contribution in [0.2, 0.25) is 0 Å². The molecule has 0 saturated heterocycles. The van der Waals surface area contributed by atoms with E-state index in [9.17, 15) is 9.90 Å². The highest BCUT2D eigenvalue weighted by Crippen LogP contribution is 2.24. The van der Waals surface area contributed by atoms with Crippen molar-refractivity contribution in [3.05, 3.63) is 47.5 Å². The predicted molar refractivity (Wildman–Crippen MR) is 69.8 cm³/mol. The lowest BCUT2D eigenvalue weighted by molar-refractivity contribution is 0.0724. The van der Waals surface area contributed by atoms with Crippen LogP contribution in [0.25, 0.3) is 0 Å². The fourth-order valence-electron chi connectivity index (χ4n) is 2.44. The zero-order valence-corrected chi connectivity index (χ0v) is 10.7. The van der Waals surface area contributed by atoms with Gasteiger partial charge in [-0.2, -0.15) is 0 Å². The van der Waals surface area contributed by atoms with E-state index in [1.54, 1.807) is 34.1 Å². The van der Waals surface area contributed by atoms with Gasteiger partial charge >= 0.3 is 0 Å². The smallest absolute Gasteiger partial charge is 0.272 e. The number of carbonyl (C=O) groups is 1. The molecule has 0 bridgehead atoms. The largest absolute Gasteiger partial charge is 0.508 e. The first-order valence-electron chi connectivity index (χ1n) is 6.21. The van der Waals surface area contributed by atoms with Gasteiger partial charge < -0.3 is 14.6 Å². The maximum absolute atomic E-state index is 12.4. The first-order chi connectivity index (χ1) is 9.15. The third-order valence-corrected chi connectivity index (χ3v) is 3.53. The van der Waals surface area contributed by atoms with Crippen LogP contribution in [0.4, 0.5) is 0 Å². The molecule has 2 aromatic rings. The molecular weight excluding hydrogens is 242 g/mol. The second kappa shape index (κ2) is 4.42. The molecule has 0 spiro atoms. The predicted octanol–water partition coefficient (Wildman–Crippen LogP) is 1.32. The Morgan fingerprint density at radius 2 is 2.21 bits per heavy atom. The second-order valence-electron chi connectivity index (χ2n) is 4.82. The van der Waals surface area contributed by atoms with Crippen LogP contribution >= 0.6 is 0 Å². The van der Waals surface area contributed by atoms with E-state index in [-0.39, 0.29) is 11.7 Å². The van der Waals surface area contributed by atoms with E-state index in [0.29, 0.717) is 18.8 Å². The van der Waals surface area contributed by atoms with Gasteiger partial charge in [-0.15, -0.1) is 0 Å². The first-order valence-corrected chi connectivity index (χ1v) is 6.21. The maximum atomic E-state index is 12.4. The Kier molecular flexibility index (Phi) is 2.74. The number of amides is 1. The zero-order valence-electron chi connectivity index (χ0n) is 10.7. The van der Waals surface area contributed by atoms with Crippen molar-refractivity contribution in [3.8, 4) is 5.75 Å². The Morgan fingerprint density at radius 1 is 1.37 bits per heavy atom. The highest BCUT2D eigenvalue weighted by molar-refractivity contribution is 5.92. The van der Waals surface area contributed by atoms with E-state index >= 15 is 0 Å². The summed E-state index contributed by atoms with van der Waals surface area (Å²) in [5.41, 5.74) is 2.80. The monoisotopic (exact) mass is 257 g/mol. The fourth-order valence-corrected chi connectivity index (χ4v) is 2.44. The van der Waals surface area contributed by atoms with Gasteiger partial charge in [-0.05, 0) is 29.7 Å². The van der Waals surface area contributed by atoms with Crippen molar-refractivity contribution in [2.45, 2.75) is 13.0 Å². The van der Waals surface area contributed by atoms with Crippen LogP contribution in [0.3, 0.4) is 0 Å². The Morgan fingerprint density at radius 3 is 2.95 bits per heavy atom. The number of phenols is 1. The van der Waals surface area contributed by atoms with Gasteiger partial charge in [0.25, 0.3) is 5.91 Å². The lowest BCUT2D eigenvalue weighted by Gasteiger charge is -2.28. The molecule has 1 aliphatic rings. The Labute approximate surface area is 111 Å². The normalized spacial score (nSPS) is 14.3. The maximum Gasteiger partial charge on any atom is 0.272 e. The second-order valence-corrected chi connectivity index (χ2v) is 4.82. The molecule has 19 heavy (non-hydrogen) atoms. The fraction of sp³-hybridized carbons (Fsp3) is 0.286. The van der Waals surface area contributed by atoms with Crippen molar-refractivity contribution in [3.63, 3.8) is 0 Å². The molecule has 3 rings (SSSR count). The topological polar surface area (TPSA) is 58.4 Å². The summed E-state index contributed by atoms with van der Waals surface area (Å²) >= 11 is 0. The number of hydrogen-bond donors (Lipinski definition) is 1. The molecule has 0 radical (unpaired) electrons. The molecule has 1 N–H and O–H groups in total. The van der Waals surface area contributed by atoms with E-state index in [0.717, 1.165) is 12.0 Å². The van der Waals surface area contributed by atoms with Crippen molar-refractivity contribution in [2.75, 3.05) is 6.54 Å². The van der Waals surface area contributed by atoms with Crippen LogP contribution in [0.1, 0.15) is 21.6 Å². The van der Waals surface area contributed by atoms with Gasteiger partial charge in [-0.25, -0.2) is 4.98 Å². The number of benzene rings is 1. The van der Waals surface area contributed by atoms with Gasteiger partial charge in [0, 0.05) is 20.1 Å². The number of aromatic nitrogens is 2. The summed E-state index contributed by atoms with van der Waals surface area (Å²) in [5, 5.41) is 9.52. The summed E-state index contributed by atoms with van der Waals surface area (Å²) in [4.78, 5) is 18.1. The summed E-state index contributed by atoms with van der Waals surface area (Å²) in [6, 6.07) is 5.35. The van der Waals surface area contributed by atoms with Crippen molar-refractivity contribution >= 4 is 5.91 Å².